The molecule has 0 fully saturated rings. The fourth-order valence-corrected chi connectivity index (χ4v) is 4.13. The molecule has 0 radical (unpaired) electrons. The van der Waals surface area contributed by atoms with Crippen molar-refractivity contribution in [2.45, 2.75) is 13.8 Å². The number of amides is 2. The molecular weight excluding hydrogens is 524 g/mol. The van der Waals surface area contributed by atoms with Gasteiger partial charge in [-0.2, -0.15) is 8.42 Å². The zero-order valence-corrected chi connectivity index (χ0v) is 22.3. The van der Waals surface area contributed by atoms with E-state index in [9.17, 15) is 27.9 Å². The molecule has 204 valence electrons. The molecule has 3 aromatic carbocycles. The minimum Gasteiger partial charge on any atom is -0.478 e. The van der Waals surface area contributed by atoms with Crippen molar-refractivity contribution in [3.8, 4) is 16.9 Å². The lowest BCUT2D eigenvalue weighted by molar-refractivity contribution is 0.0697. The molecule has 0 unspecified atom stereocenters. The number of nitrogens with one attached hydrogen (secondary N) is 3. The standard InChI is InChI=1S/C27H28N4O7S/c1-15(2)14-30-25(32)16-8-10-19(22(12-16)27(34)35)18-6-4-5-7-20(18)26(33)31-17-9-11-21(24(28)29)23(13-17)38-39(3,36)37/h4-13,15H,14H2,1-3H3,(H3,28,29)(H,30,32)(H,31,33)(H,34,35). The maximum atomic E-state index is 13.3. The maximum absolute atomic E-state index is 13.3. The molecule has 12 heteroatoms. The number of amidine groups is 1. The third-order valence-corrected chi connectivity index (χ3v) is 5.90. The van der Waals surface area contributed by atoms with E-state index in [0.717, 1.165) is 6.26 Å². The molecule has 3 rings (SSSR count). The van der Waals surface area contributed by atoms with Gasteiger partial charge in [0.25, 0.3) is 11.8 Å². The summed E-state index contributed by atoms with van der Waals surface area (Å²) >= 11 is 0. The Morgan fingerprint density at radius 3 is 2.23 bits per heavy atom. The van der Waals surface area contributed by atoms with Crippen molar-refractivity contribution in [2.75, 3.05) is 18.1 Å². The first-order chi connectivity index (χ1) is 18.3. The second-order valence-electron chi connectivity index (χ2n) is 9.08. The summed E-state index contributed by atoms with van der Waals surface area (Å²) < 4.78 is 28.2. The molecule has 6 N–H and O–H groups in total. The van der Waals surface area contributed by atoms with Gasteiger partial charge in [-0.25, -0.2) is 4.79 Å². The van der Waals surface area contributed by atoms with Crippen LogP contribution in [0, 0.1) is 11.3 Å². The van der Waals surface area contributed by atoms with E-state index in [1.807, 2.05) is 13.8 Å². The van der Waals surface area contributed by atoms with E-state index >= 15 is 0 Å². The average molecular weight is 553 g/mol. The molecule has 0 heterocycles. The van der Waals surface area contributed by atoms with Gasteiger partial charge in [-0.3, -0.25) is 15.0 Å². The largest absolute Gasteiger partial charge is 0.478 e. The number of carboxylic acids is 1. The first-order valence-electron chi connectivity index (χ1n) is 11.7. The van der Waals surface area contributed by atoms with Gasteiger partial charge in [-0.05, 0) is 47.4 Å². The normalized spacial score (nSPS) is 11.1. The van der Waals surface area contributed by atoms with Crippen LogP contribution in [0.4, 0.5) is 5.69 Å². The molecule has 0 aromatic heterocycles. The summed E-state index contributed by atoms with van der Waals surface area (Å²) in [6.45, 7) is 4.30. The van der Waals surface area contributed by atoms with Gasteiger partial charge in [-0.1, -0.05) is 38.1 Å². The van der Waals surface area contributed by atoms with Crippen LogP contribution in [0.25, 0.3) is 11.1 Å². The van der Waals surface area contributed by atoms with E-state index in [1.165, 1.54) is 42.5 Å². The van der Waals surface area contributed by atoms with Crippen LogP contribution in [-0.2, 0) is 10.1 Å². The van der Waals surface area contributed by atoms with Crippen molar-refractivity contribution >= 4 is 39.4 Å². The summed E-state index contributed by atoms with van der Waals surface area (Å²) in [6.07, 6.45) is 0.831. The van der Waals surface area contributed by atoms with Crippen LogP contribution in [0.1, 0.15) is 50.5 Å². The number of benzene rings is 3. The first-order valence-corrected chi connectivity index (χ1v) is 13.5. The Morgan fingerprint density at radius 2 is 1.62 bits per heavy atom. The Kier molecular flexibility index (Phi) is 8.71. The van der Waals surface area contributed by atoms with Gasteiger partial charge in [0.05, 0.1) is 17.4 Å². The Morgan fingerprint density at radius 1 is 0.949 bits per heavy atom. The summed E-state index contributed by atoms with van der Waals surface area (Å²) in [5.74, 6) is -2.77. The number of anilines is 1. The van der Waals surface area contributed by atoms with Gasteiger partial charge in [-0.15, -0.1) is 0 Å². The molecule has 0 saturated carbocycles. The van der Waals surface area contributed by atoms with Gasteiger partial charge < -0.3 is 25.7 Å². The fourth-order valence-electron chi connectivity index (χ4n) is 3.67. The van der Waals surface area contributed by atoms with Crippen molar-refractivity contribution in [1.29, 1.82) is 5.41 Å². The lowest BCUT2D eigenvalue weighted by Crippen LogP contribution is -2.27. The molecule has 39 heavy (non-hydrogen) atoms. The van der Waals surface area contributed by atoms with E-state index < -0.39 is 33.7 Å². The van der Waals surface area contributed by atoms with E-state index in [4.69, 9.17) is 15.3 Å². The van der Waals surface area contributed by atoms with Crippen LogP contribution in [0.3, 0.4) is 0 Å². The number of aromatic carboxylic acids is 1. The monoisotopic (exact) mass is 552 g/mol. The highest BCUT2D eigenvalue weighted by Gasteiger charge is 2.21. The molecule has 0 aliphatic rings. The Bertz CT molecular complexity index is 1570. The second-order valence-corrected chi connectivity index (χ2v) is 10.7. The lowest BCUT2D eigenvalue weighted by atomic mass is 9.93. The number of nitrogen functional groups attached to an aromatic ring is 1. The maximum Gasteiger partial charge on any atom is 0.336 e. The predicted molar refractivity (Wildman–Crippen MR) is 147 cm³/mol. The number of carboxylic acid groups (broad SMARTS) is 1. The molecule has 0 aliphatic heterocycles. The Hall–Kier alpha value is -4.71. The zero-order valence-electron chi connectivity index (χ0n) is 21.4. The minimum atomic E-state index is -3.95. The van der Waals surface area contributed by atoms with Crippen LogP contribution in [0.15, 0.2) is 60.7 Å². The highest BCUT2D eigenvalue weighted by molar-refractivity contribution is 7.86. The molecule has 3 aromatic rings. The van der Waals surface area contributed by atoms with Crippen molar-refractivity contribution in [3.05, 3.63) is 82.9 Å². The third kappa shape index (κ3) is 7.42. The molecule has 0 saturated heterocycles. The lowest BCUT2D eigenvalue weighted by Gasteiger charge is -2.15. The topological polar surface area (TPSA) is 189 Å². The molecular formula is C27H28N4O7S. The Balaban J connectivity index is 1.99. The number of hydrogen-bond acceptors (Lipinski definition) is 7. The fraction of sp³-hybridized carbons (Fsp3) is 0.185. The number of nitrogens with two attached hydrogens (primary N) is 1. The smallest absolute Gasteiger partial charge is 0.336 e. The summed E-state index contributed by atoms with van der Waals surface area (Å²) in [5.41, 5.74) is 6.32. The molecule has 2 amide bonds. The molecule has 0 atom stereocenters. The van der Waals surface area contributed by atoms with Crippen molar-refractivity contribution < 1.29 is 32.1 Å². The second kappa shape index (κ2) is 11.8. The third-order valence-electron chi connectivity index (χ3n) is 5.42. The summed E-state index contributed by atoms with van der Waals surface area (Å²) in [6, 6.07) is 14.5. The number of carbonyl (C=O) groups is 3. The summed E-state index contributed by atoms with van der Waals surface area (Å²) in [4.78, 5) is 37.9. The molecule has 0 bridgehead atoms. The van der Waals surface area contributed by atoms with Crippen molar-refractivity contribution in [1.82, 2.24) is 5.32 Å². The highest BCUT2D eigenvalue weighted by atomic mass is 32.2. The van der Waals surface area contributed by atoms with E-state index in [2.05, 4.69) is 10.6 Å². The summed E-state index contributed by atoms with van der Waals surface area (Å²) in [5, 5.41) is 22.9. The number of rotatable bonds is 10. The quantitative estimate of drug-likeness (QED) is 0.144. The number of hydrogen-bond donors (Lipinski definition) is 5. The minimum absolute atomic E-state index is 0.0162. The zero-order chi connectivity index (χ0) is 28.9. The molecule has 0 aliphatic carbocycles. The highest BCUT2D eigenvalue weighted by Crippen LogP contribution is 2.30. The summed E-state index contributed by atoms with van der Waals surface area (Å²) in [7, 11) is -3.95. The van der Waals surface area contributed by atoms with Crippen LogP contribution < -0.4 is 20.6 Å². The molecule has 0 spiro atoms. The van der Waals surface area contributed by atoms with E-state index in [0.29, 0.717) is 12.1 Å². The van der Waals surface area contributed by atoms with Crippen molar-refractivity contribution in [2.24, 2.45) is 11.7 Å². The van der Waals surface area contributed by atoms with E-state index in [-0.39, 0.29) is 45.2 Å². The van der Waals surface area contributed by atoms with Crippen LogP contribution in [0.2, 0.25) is 0 Å². The molecule has 11 nitrogen and oxygen atoms in total. The number of carbonyl (C=O) groups excluding carboxylic acids is 2. The van der Waals surface area contributed by atoms with Crippen LogP contribution in [0.5, 0.6) is 5.75 Å². The van der Waals surface area contributed by atoms with E-state index in [1.54, 1.807) is 18.2 Å². The SMILES string of the molecule is CC(C)CNC(=O)c1ccc(-c2ccccc2C(=O)Nc2ccc(C(=N)N)c(OS(C)(=O)=O)c2)c(C(=O)O)c1. The first kappa shape index (κ1) is 28.9. The Labute approximate surface area is 225 Å². The van der Waals surface area contributed by atoms with Gasteiger partial charge in [0.1, 0.15) is 5.84 Å². The predicted octanol–water partition coefficient (Wildman–Crippen LogP) is 3.31. The van der Waals surface area contributed by atoms with Gasteiger partial charge in [0, 0.05) is 29.4 Å². The van der Waals surface area contributed by atoms with Gasteiger partial charge in [0.15, 0.2) is 5.75 Å². The average Bonchev–Trinajstić information content (AvgIpc) is 2.85. The van der Waals surface area contributed by atoms with Crippen molar-refractivity contribution in [3.63, 3.8) is 0 Å². The van der Waals surface area contributed by atoms with Gasteiger partial charge >= 0.3 is 16.1 Å². The van der Waals surface area contributed by atoms with Crippen LogP contribution >= 0.6 is 0 Å². The van der Waals surface area contributed by atoms with Gasteiger partial charge in [0.2, 0.25) is 0 Å². The van der Waals surface area contributed by atoms with Crippen LogP contribution in [-0.4, -0.2) is 49.9 Å².